The first-order valence-electron chi connectivity index (χ1n) is 4.22. The molecule has 1 aromatic heterocycles. The zero-order valence-corrected chi connectivity index (χ0v) is 10.3. The largest absolute Gasteiger partial charge is 0.249 e. The van der Waals surface area contributed by atoms with Crippen molar-refractivity contribution in [1.29, 1.82) is 0 Å². The minimum absolute atomic E-state index is 0.289. The van der Waals surface area contributed by atoms with E-state index in [-0.39, 0.29) is 4.90 Å². The first-order valence-corrected chi connectivity index (χ1v) is 6.74. The fraction of sp³-hybridized carbons (Fsp3) is 0.375. The molecule has 6 heteroatoms. The van der Waals surface area contributed by atoms with Gasteiger partial charge in [0.25, 0.3) is 0 Å². The Morgan fingerprint density at radius 3 is 2.50 bits per heavy atom. The maximum Gasteiger partial charge on any atom is 0.244 e. The van der Waals surface area contributed by atoms with Crippen LogP contribution in [0.3, 0.4) is 0 Å². The van der Waals surface area contributed by atoms with E-state index in [9.17, 15) is 8.42 Å². The predicted molar refractivity (Wildman–Crippen MR) is 60.3 cm³/mol. The Morgan fingerprint density at radius 2 is 2.07 bits per heavy atom. The molecule has 1 saturated heterocycles. The average molecular weight is 324 g/mol. The summed E-state index contributed by atoms with van der Waals surface area (Å²) in [7, 11) is -3.25. The lowest BCUT2D eigenvalue weighted by atomic mass is 10.3. The maximum absolute atomic E-state index is 11.8. The molecule has 0 radical (unpaired) electrons. The third-order valence-corrected chi connectivity index (χ3v) is 4.67. The van der Waals surface area contributed by atoms with Crippen LogP contribution in [-0.2, 0) is 10.0 Å². The number of nitrogens with zero attached hydrogens (tertiary/aromatic N) is 2. The van der Waals surface area contributed by atoms with Crippen LogP contribution < -0.4 is 0 Å². The van der Waals surface area contributed by atoms with Gasteiger partial charge in [0.15, 0.2) is 0 Å². The lowest BCUT2D eigenvalue weighted by Crippen LogP contribution is -2.41. The van der Waals surface area contributed by atoms with Crippen molar-refractivity contribution in [2.45, 2.75) is 11.3 Å². The Morgan fingerprint density at radius 1 is 1.36 bits per heavy atom. The van der Waals surface area contributed by atoms with Gasteiger partial charge in [-0.15, -0.1) is 0 Å². The highest BCUT2D eigenvalue weighted by molar-refractivity contribution is 14.1. The van der Waals surface area contributed by atoms with Gasteiger partial charge in [-0.2, -0.15) is 4.31 Å². The van der Waals surface area contributed by atoms with Crippen molar-refractivity contribution in [1.82, 2.24) is 9.29 Å². The minimum atomic E-state index is -3.25. The molecular formula is C8H9IN2O2S. The molecule has 0 atom stereocenters. The number of rotatable bonds is 2. The smallest absolute Gasteiger partial charge is 0.244 e. The molecule has 0 bridgehead atoms. The van der Waals surface area contributed by atoms with Crippen LogP contribution in [0.4, 0.5) is 0 Å². The lowest BCUT2D eigenvalue weighted by molar-refractivity contribution is 0.309. The normalized spacial score (nSPS) is 17.8. The molecule has 2 rings (SSSR count). The van der Waals surface area contributed by atoms with Crippen molar-refractivity contribution in [3.63, 3.8) is 0 Å². The average Bonchev–Trinajstić information content (AvgIpc) is 2.00. The summed E-state index contributed by atoms with van der Waals surface area (Å²) in [5, 5.41) is 0. The quantitative estimate of drug-likeness (QED) is 0.604. The number of aromatic nitrogens is 1. The molecule has 4 nitrogen and oxygen atoms in total. The monoisotopic (exact) mass is 324 g/mol. The predicted octanol–water partition coefficient (Wildman–Crippen LogP) is 1.08. The SMILES string of the molecule is O=S(=O)(c1ccc(I)nc1)N1CCC1. The van der Waals surface area contributed by atoms with Crippen molar-refractivity contribution >= 4 is 32.6 Å². The Labute approximate surface area is 96.5 Å². The van der Waals surface area contributed by atoms with Gasteiger partial charge in [0.05, 0.1) is 0 Å². The van der Waals surface area contributed by atoms with Crippen molar-refractivity contribution < 1.29 is 8.42 Å². The summed E-state index contributed by atoms with van der Waals surface area (Å²) in [5.41, 5.74) is 0. The van der Waals surface area contributed by atoms with Crippen molar-refractivity contribution in [3.8, 4) is 0 Å². The van der Waals surface area contributed by atoms with Crippen LogP contribution in [0.1, 0.15) is 6.42 Å². The molecule has 14 heavy (non-hydrogen) atoms. The molecule has 1 aliphatic heterocycles. The molecular weight excluding hydrogens is 315 g/mol. The van der Waals surface area contributed by atoms with E-state index >= 15 is 0 Å². The molecule has 2 heterocycles. The summed E-state index contributed by atoms with van der Waals surface area (Å²) in [5.74, 6) is 0. The molecule has 1 aliphatic rings. The maximum atomic E-state index is 11.8. The highest BCUT2D eigenvalue weighted by Crippen LogP contribution is 2.20. The van der Waals surface area contributed by atoms with Crippen LogP contribution in [0.25, 0.3) is 0 Å². The molecule has 76 valence electrons. The van der Waals surface area contributed by atoms with Gasteiger partial charge in [-0.25, -0.2) is 13.4 Å². The summed E-state index contributed by atoms with van der Waals surface area (Å²) in [4.78, 5) is 4.26. The summed E-state index contributed by atoms with van der Waals surface area (Å²) >= 11 is 2.05. The fourth-order valence-electron chi connectivity index (χ4n) is 1.19. The summed E-state index contributed by atoms with van der Waals surface area (Å²) in [6, 6.07) is 3.30. The second kappa shape index (κ2) is 3.74. The molecule has 1 aromatic rings. The van der Waals surface area contributed by atoms with Gasteiger partial charge in [-0.05, 0) is 41.1 Å². The van der Waals surface area contributed by atoms with Gasteiger partial charge in [-0.3, -0.25) is 0 Å². The van der Waals surface area contributed by atoms with E-state index in [0.29, 0.717) is 13.1 Å². The van der Waals surface area contributed by atoms with E-state index in [4.69, 9.17) is 0 Å². The van der Waals surface area contributed by atoms with Crippen LogP contribution in [-0.4, -0.2) is 30.8 Å². The molecule has 0 aliphatic carbocycles. The van der Waals surface area contributed by atoms with E-state index in [1.807, 2.05) is 22.6 Å². The molecule has 1 fully saturated rings. The molecule has 0 spiro atoms. The molecule has 0 amide bonds. The van der Waals surface area contributed by atoms with Gasteiger partial charge in [0, 0.05) is 19.3 Å². The Hall–Kier alpha value is -0.210. The standard InChI is InChI=1S/C8H9IN2O2S/c9-8-3-2-7(6-10-8)14(12,13)11-4-1-5-11/h2-3,6H,1,4-5H2. The Kier molecular flexibility index (Phi) is 2.76. The Balaban J connectivity index is 2.34. The molecule has 0 aromatic carbocycles. The van der Waals surface area contributed by atoms with E-state index in [2.05, 4.69) is 4.98 Å². The Bertz CT molecular complexity index is 425. The molecule has 0 saturated carbocycles. The van der Waals surface area contributed by atoms with E-state index in [1.54, 1.807) is 12.1 Å². The van der Waals surface area contributed by atoms with Gasteiger partial charge in [0.1, 0.15) is 8.60 Å². The van der Waals surface area contributed by atoms with E-state index in [1.165, 1.54) is 10.5 Å². The highest BCUT2D eigenvalue weighted by Gasteiger charge is 2.29. The number of hydrogen-bond donors (Lipinski definition) is 0. The van der Waals surface area contributed by atoms with Gasteiger partial charge >= 0.3 is 0 Å². The topological polar surface area (TPSA) is 50.3 Å². The summed E-state index contributed by atoms with van der Waals surface area (Å²) < 4.78 is 25.9. The van der Waals surface area contributed by atoms with Crippen LogP contribution in [0.2, 0.25) is 0 Å². The number of sulfonamides is 1. The third-order valence-electron chi connectivity index (χ3n) is 2.15. The van der Waals surface area contributed by atoms with Crippen molar-refractivity contribution in [2.75, 3.05) is 13.1 Å². The minimum Gasteiger partial charge on any atom is -0.249 e. The van der Waals surface area contributed by atoms with Crippen molar-refractivity contribution in [2.24, 2.45) is 0 Å². The zero-order valence-electron chi connectivity index (χ0n) is 7.35. The van der Waals surface area contributed by atoms with Gasteiger partial charge < -0.3 is 0 Å². The fourth-order valence-corrected chi connectivity index (χ4v) is 2.97. The highest BCUT2D eigenvalue weighted by atomic mass is 127. The number of hydrogen-bond acceptors (Lipinski definition) is 3. The summed E-state index contributed by atoms with van der Waals surface area (Å²) in [6.45, 7) is 1.27. The number of halogens is 1. The van der Waals surface area contributed by atoms with E-state index in [0.717, 1.165) is 10.1 Å². The third kappa shape index (κ3) is 1.78. The first-order chi connectivity index (χ1) is 6.60. The van der Waals surface area contributed by atoms with E-state index < -0.39 is 10.0 Å². The van der Waals surface area contributed by atoms with Gasteiger partial charge in [0.2, 0.25) is 10.0 Å². The first kappa shape index (κ1) is 10.3. The second-order valence-electron chi connectivity index (χ2n) is 3.07. The van der Waals surface area contributed by atoms with Crippen molar-refractivity contribution in [3.05, 3.63) is 22.0 Å². The summed E-state index contributed by atoms with van der Waals surface area (Å²) in [6.07, 6.45) is 2.37. The van der Waals surface area contributed by atoms with Crippen LogP contribution >= 0.6 is 22.6 Å². The lowest BCUT2D eigenvalue weighted by Gasteiger charge is -2.29. The van der Waals surface area contributed by atoms with Gasteiger partial charge in [-0.1, -0.05) is 0 Å². The van der Waals surface area contributed by atoms with Crippen LogP contribution in [0, 0.1) is 3.70 Å². The zero-order chi connectivity index (χ0) is 10.2. The van der Waals surface area contributed by atoms with Crippen LogP contribution in [0.5, 0.6) is 0 Å². The second-order valence-corrected chi connectivity index (χ2v) is 6.12. The number of pyridine rings is 1. The molecule has 0 unspecified atom stereocenters. The molecule has 0 N–H and O–H groups in total. The van der Waals surface area contributed by atoms with Crippen LogP contribution in [0.15, 0.2) is 23.2 Å².